The van der Waals surface area contributed by atoms with E-state index in [0.717, 1.165) is 0 Å². The van der Waals surface area contributed by atoms with Crippen LogP contribution >= 0.6 is 0 Å². The number of ketones is 1. The smallest absolute Gasteiger partial charge is 0.443 e. The lowest BCUT2D eigenvalue weighted by Gasteiger charge is -1.82. The van der Waals surface area contributed by atoms with Crippen molar-refractivity contribution in [2.45, 2.75) is 0 Å². The molecule has 0 aromatic carbocycles. The first-order valence-corrected chi connectivity index (χ1v) is 2.23. The van der Waals surface area contributed by atoms with Gasteiger partial charge in [-0.1, -0.05) is 0 Å². The van der Waals surface area contributed by atoms with Crippen molar-refractivity contribution in [1.82, 2.24) is 0 Å². The fourth-order valence-corrected chi connectivity index (χ4v) is 0.293. The maximum Gasteiger partial charge on any atom is 0.443 e. The first kappa shape index (κ1) is 8.48. The fraction of sp³-hybridized carbons (Fsp3) is 0.250. The molecule has 0 fully saturated rings. The summed E-state index contributed by atoms with van der Waals surface area (Å²) in [7, 11) is 0. The second-order valence-electron chi connectivity index (χ2n) is 1.34. The van der Waals surface area contributed by atoms with Crippen LogP contribution in [0.2, 0.25) is 0 Å². The molecule has 0 unspecified atom stereocenters. The molecule has 6 nitrogen and oxygen atoms in total. The monoisotopic (exact) mass is 144 g/mol. The summed E-state index contributed by atoms with van der Waals surface area (Å²) in [5, 5.41) is 16.1. The maximum atomic E-state index is 10.3. The van der Waals surface area contributed by atoms with Gasteiger partial charge >= 0.3 is 11.7 Å². The van der Waals surface area contributed by atoms with E-state index < -0.39 is 24.1 Å². The minimum absolute atomic E-state index is 0.980. The van der Waals surface area contributed by atoms with E-state index in [9.17, 15) is 9.59 Å². The van der Waals surface area contributed by atoms with Crippen molar-refractivity contribution >= 4 is 17.5 Å². The highest BCUT2D eigenvalue weighted by Crippen LogP contribution is 1.75. The Labute approximate surface area is 55.3 Å². The molecule has 0 amide bonds. The number of hydrogen-bond acceptors (Lipinski definition) is 3. The molecule has 0 aliphatic heterocycles. The Hall–Kier alpha value is -1.52. The lowest BCUT2D eigenvalue weighted by Crippen LogP contribution is -2.27. The predicted octanol–water partition coefficient (Wildman–Crippen LogP) is -1.70. The molecule has 0 aromatic heterocycles. The molecular weight excluding hydrogens is 140 g/mol. The molecular formula is C4H4N2O4. The summed E-state index contributed by atoms with van der Waals surface area (Å²) in [6.45, 7) is -0.980. The molecule has 2 N–H and O–H groups in total. The number of carbonyl (C=O) groups is 2. The average Bonchev–Trinajstić information content (AvgIpc) is 1.88. The minimum Gasteiger partial charge on any atom is -0.472 e. The van der Waals surface area contributed by atoms with E-state index in [1.54, 1.807) is 0 Å². The number of aliphatic hydroxyl groups excluding tert-OH is 1. The minimum atomic E-state index is -1.67. The number of nitrogens with zero attached hydrogens (tertiary/aromatic N) is 2. The zero-order valence-corrected chi connectivity index (χ0v) is 4.81. The van der Waals surface area contributed by atoms with Gasteiger partial charge in [0.05, 0.1) is 0 Å². The number of Topliss-reactive ketones (excluding diaryl/α,β-unsaturated/α-hetero) is 1. The Morgan fingerprint density at radius 2 is 2.00 bits per heavy atom. The van der Waals surface area contributed by atoms with Crippen LogP contribution in [0.4, 0.5) is 0 Å². The molecule has 0 atom stereocenters. The number of aliphatic hydroxyl groups is 1. The van der Waals surface area contributed by atoms with Crippen molar-refractivity contribution < 1.29 is 24.6 Å². The summed E-state index contributed by atoms with van der Waals surface area (Å²) in [4.78, 5) is 22.3. The predicted molar refractivity (Wildman–Crippen MR) is 28.4 cm³/mol. The third-order valence-corrected chi connectivity index (χ3v) is 0.710. The molecule has 0 spiro atoms. The van der Waals surface area contributed by atoms with E-state index in [2.05, 4.69) is 4.79 Å². The van der Waals surface area contributed by atoms with Crippen LogP contribution in [-0.2, 0) is 9.59 Å². The van der Waals surface area contributed by atoms with E-state index in [1.165, 1.54) is 0 Å². The standard InChI is InChI=1S/C4H4N2O4/c5-6-3(4(9)10)2(8)1-7/h7H,1H2,(H,9,10). The van der Waals surface area contributed by atoms with E-state index in [0.29, 0.717) is 0 Å². The summed E-state index contributed by atoms with van der Waals surface area (Å²) in [6, 6.07) is 0. The molecule has 0 aliphatic carbocycles. The second-order valence-corrected chi connectivity index (χ2v) is 1.34. The highest BCUT2D eigenvalue weighted by atomic mass is 16.4. The molecule has 6 heteroatoms. The van der Waals surface area contributed by atoms with Gasteiger partial charge in [-0.2, -0.15) is 4.79 Å². The van der Waals surface area contributed by atoms with Crippen LogP contribution in [0.3, 0.4) is 0 Å². The zero-order chi connectivity index (χ0) is 8.15. The van der Waals surface area contributed by atoms with Crippen molar-refractivity contribution in [2.75, 3.05) is 6.61 Å². The molecule has 10 heavy (non-hydrogen) atoms. The van der Waals surface area contributed by atoms with Crippen molar-refractivity contribution in [2.24, 2.45) is 0 Å². The maximum absolute atomic E-state index is 10.3. The van der Waals surface area contributed by atoms with Gasteiger partial charge in [0.15, 0.2) is 0 Å². The van der Waals surface area contributed by atoms with Crippen LogP contribution in [0.1, 0.15) is 0 Å². The third-order valence-electron chi connectivity index (χ3n) is 0.710. The van der Waals surface area contributed by atoms with Crippen molar-refractivity contribution in [3.63, 3.8) is 0 Å². The molecule has 0 rings (SSSR count). The van der Waals surface area contributed by atoms with E-state index in [1.807, 2.05) is 0 Å². The molecule has 0 saturated heterocycles. The van der Waals surface area contributed by atoms with Gasteiger partial charge in [0, 0.05) is 0 Å². The molecule has 0 heterocycles. The summed E-state index contributed by atoms with van der Waals surface area (Å²) in [5.74, 6) is -2.79. The van der Waals surface area contributed by atoms with Gasteiger partial charge in [-0.3, -0.25) is 4.79 Å². The van der Waals surface area contributed by atoms with Crippen LogP contribution in [-0.4, -0.2) is 39.1 Å². The lowest BCUT2D eigenvalue weighted by atomic mass is 10.3. The summed E-state index contributed by atoms with van der Waals surface area (Å²) >= 11 is 0. The van der Waals surface area contributed by atoms with Crippen LogP contribution in [0.5, 0.6) is 0 Å². The van der Waals surface area contributed by atoms with Gasteiger partial charge in [-0.25, -0.2) is 4.79 Å². The number of hydrogen-bond donors (Lipinski definition) is 2. The molecule has 54 valence electrons. The number of aliphatic carboxylic acids is 1. The molecule has 0 saturated carbocycles. The first-order chi connectivity index (χ1) is 4.63. The van der Waals surface area contributed by atoms with Crippen LogP contribution in [0.15, 0.2) is 0 Å². The normalized spacial score (nSPS) is 8.10. The van der Waals surface area contributed by atoms with E-state index in [-0.39, 0.29) is 0 Å². The number of rotatable bonds is 3. The average molecular weight is 144 g/mol. The van der Waals surface area contributed by atoms with Gasteiger partial charge in [0.25, 0.3) is 5.78 Å². The number of carboxylic acid groups (broad SMARTS) is 1. The van der Waals surface area contributed by atoms with Crippen LogP contribution in [0, 0.1) is 0 Å². The largest absolute Gasteiger partial charge is 0.472 e. The van der Waals surface area contributed by atoms with Crippen molar-refractivity contribution in [3.8, 4) is 0 Å². The molecule has 0 radical (unpaired) electrons. The first-order valence-electron chi connectivity index (χ1n) is 2.23. The Morgan fingerprint density at radius 3 is 2.10 bits per heavy atom. The second kappa shape index (κ2) is 3.49. The highest BCUT2D eigenvalue weighted by Gasteiger charge is 2.27. The van der Waals surface area contributed by atoms with Gasteiger partial charge in [-0.15, -0.1) is 0 Å². The van der Waals surface area contributed by atoms with Crippen LogP contribution in [0.25, 0.3) is 5.53 Å². The number of carboxylic acids is 1. The van der Waals surface area contributed by atoms with Gasteiger partial charge < -0.3 is 15.7 Å². The van der Waals surface area contributed by atoms with Crippen molar-refractivity contribution in [3.05, 3.63) is 5.53 Å². The Bertz CT molecular complexity index is 215. The third kappa shape index (κ3) is 1.77. The summed E-state index contributed by atoms with van der Waals surface area (Å²) < 4.78 is 0. The SMILES string of the molecule is [N-]=[N+]=C(C(=O)O)C(=O)CO. The Kier molecular flexibility index (Phi) is 2.96. The van der Waals surface area contributed by atoms with Crippen molar-refractivity contribution in [1.29, 1.82) is 0 Å². The summed E-state index contributed by atoms with van der Waals surface area (Å²) in [6.07, 6.45) is 0. The highest BCUT2D eigenvalue weighted by molar-refractivity contribution is 6.62. The van der Waals surface area contributed by atoms with E-state index in [4.69, 9.17) is 15.7 Å². The Balaban J connectivity index is 4.56. The van der Waals surface area contributed by atoms with E-state index >= 15 is 0 Å². The Morgan fingerprint density at radius 1 is 1.50 bits per heavy atom. The molecule has 0 aromatic rings. The zero-order valence-electron chi connectivity index (χ0n) is 4.81. The van der Waals surface area contributed by atoms with Gasteiger partial charge in [0.1, 0.15) is 6.61 Å². The molecule has 0 aliphatic rings. The lowest BCUT2D eigenvalue weighted by molar-refractivity contribution is -0.137. The van der Waals surface area contributed by atoms with Crippen LogP contribution < -0.4 is 0 Å². The fourth-order valence-electron chi connectivity index (χ4n) is 0.293. The number of carbonyl (C=O) groups excluding carboxylic acids is 1. The molecule has 0 bridgehead atoms. The topological polar surface area (TPSA) is 111 Å². The van der Waals surface area contributed by atoms with Gasteiger partial charge in [-0.05, 0) is 0 Å². The van der Waals surface area contributed by atoms with Gasteiger partial charge in [0.2, 0.25) is 0 Å². The summed E-state index contributed by atoms with van der Waals surface area (Å²) in [5.41, 5.74) is 6.81. The quantitative estimate of drug-likeness (QED) is 0.213.